The summed E-state index contributed by atoms with van der Waals surface area (Å²) in [6.45, 7) is 2.54. The van der Waals surface area contributed by atoms with Crippen molar-refractivity contribution < 1.29 is 5.11 Å². The van der Waals surface area contributed by atoms with Gasteiger partial charge in [-0.15, -0.1) is 0 Å². The molecule has 0 bridgehead atoms. The topological polar surface area (TPSA) is 20.2 Å². The zero-order chi connectivity index (χ0) is 17.3. The predicted molar refractivity (Wildman–Crippen MR) is 107 cm³/mol. The van der Waals surface area contributed by atoms with Crippen LogP contribution in [0.3, 0.4) is 0 Å². The molecule has 24 heavy (non-hydrogen) atoms. The fourth-order valence-electron chi connectivity index (χ4n) is 3.42. The molecule has 0 fully saturated rings. The Kier molecular flexibility index (Phi) is 13.9. The average molecular weight is 333 g/mol. The molecule has 0 saturated carbocycles. The molecular formula is C23H40O. The van der Waals surface area contributed by atoms with E-state index in [1.807, 2.05) is 0 Å². The molecule has 0 amide bonds. The van der Waals surface area contributed by atoms with Crippen molar-refractivity contribution in [2.45, 2.75) is 103 Å². The van der Waals surface area contributed by atoms with Gasteiger partial charge in [-0.3, -0.25) is 0 Å². The van der Waals surface area contributed by atoms with E-state index in [1.54, 1.807) is 0 Å². The summed E-state index contributed by atoms with van der Waals surface area (Å²) in [5.41, 5.74) is 2.70. The average Bonchev–Trinajstić information content (AvgIpc) is 2.60. The number of unbranched alkanes of at least 4 members (excludes halogenated alkanes) is 12. The zero-order valence-electron chi connectivity index (χ0n) is 16.1. The van der Waals surface area contributed by atoms with Crippen LogP contribution in [0.1, 0.15) is 102 Å². The van der Waals surface area contributed by atoms with Crippen LogP contribution < -0.4 is 0 Å². The SMILES string of the molecule is CCCCCCCCCCCCCCCc1cccc(CCO)c1. The van der Waals surface area contributed by atoms with Crippen LogP contribution in [-0.4, -0.2) is 11.7 Å². The Morgan fingerprint density at radius 1 is 0.625 bits per heavy atom. The van der Waals surface area contributed by atoms with Gasteiger partial charge >= 0.3 is 0 Å². The molecule has 0 radical (unpaired) electrons. The van der Waals surface area contributed by atoms with Gasteiger partial charge in [0, 0.05) is 6.61 Å². The number of aliphatic hydroxyl groups excluding tert-OH is 1. The van der Waals surface area contributed by atoms with Crippen molar-refractivity contribution in [3.8, 4) is 0 Å². The van der Waals surface area contributed by atoms with Crippen molar-refractivity contribution in [3.63, 3.8) is 0 Å². The summed E-state index contributed by atoms with van der Waals surface area (Å²) in [6, 6.07) is 8.73. The Morgan fingerprint density at radius 2 is 1.08 bits per heavy atom. The van der Waals surface area contributed by atoms with E-state index in [-0.39, 0.29) is 6.61 Å². The second-order valence-electron chi connectivity index (χ2n) is 7.29. The highest BCUT2D eigenvalue weighted by Crippen LogP contribution is 2.14. The van der Waals surface area contributed by atoms with Crippen LogP contribution in [0.15, 0.2) is 24.3 Å². The number of aliphatic hydroxyl groups is 1. The van der Waals surface area contributed by atoms with Gasteiger partial charge in [-0.25, -0.2) is 0 Å². The largest absolute Gasteiger partial charge is 0.396 e. The second-order valence-corrected chi connectivity index (χ2v) is 7.29. The summed E-state index contributed by atoms with van der Waals surface area (Å²) in [5.74, 6) is 0. The van der Waals surface area contributed by atoms with Gasteiger partial charge in [-0.1, -0.05) is 108 Å². The van der Waals surface area contributed by atoms with Gasteiger partial charge in [0.05, 0.1) is 0 Å². The standard InChI is InChI=1S/C23H40O/c1-2-3-4-5-6-7-8-9-10-11-12-13-14-16-22-17-15-18-23(21-22)19-20-24/h15,17-18,21,24H,2-14,16,19-20H2,1H3. The third-order valence-electron chi connectivity index (χ3n) is 4.96. The van der Waals surface area contributed by atoms with Gasteiger partial charge in [0.2, 0.25) is 0 Å². The summed E-state index contributed by atoms with van der Waals surface area (Å²) >= 11 is 0. The molecule has 0 atom stereocenters. The van der Waals surface area contributed by atoms with E-state index in [1.165, 1.54) is 101 Å². The normalized spacial score (nSPS) is 11.1. The van der Waals surface area contributed by atoms with Gasteiger partial charge in [-0.2, -0.15) is 0 Å². The van der Waals surface area contributed by atoms with Crippen LogP contribution in [0.4, 0.5) is 0 Å². The molecule has 1 aromatic rings. The highest BCUT2D eigenvalue weighted by Gasteiger charge is 1.97. The fourth-order valence-corrected chi connectivity index (χ4v) is 3.42. The van der Waals surface area contributed by atoms with E-state index in [4.69, 9.17) is 5.11 Å². The van der Waals surface area contributed by atoms with Gasteiger partial charge in [0.15, 0.2) is 0 Å². The number of hydrogen-bond acceptors (Lipinski definition) is 1. The highest BCUT2D eigenvalue weighted by molar-refractivity contribution is 5.23. The Balaban J connectivity index is 1.88. The van der Waals surface area contributed by atoms with Crippen molar-refractivity contribution in [2.24, 2.45) is 0 Å². The first-order valence-corrected chi connectivity index (χ1v) is 10.6. The molecule has 138 valence electrons. The maximum Gasteiger partial charge on any atom is 0.0471 e. The highest BCUT2D eigenvalue weighted by atomic mass is 16.2. The Bertz CT molecular complexity index is 385. The molecule has 1 rings (SSSR count). The smallest absolute Gasteiger partial charge is 0.0471 e. The monoisotopic (exact) mass is 332 g/mol. The Hall–Kier alpha value is -0.820. The molecule has 0 aliphatic carbocycles. The molecular weight excluding hydrogens is 292 g/mol. The number of hydrogen-bond donors (Lipinski definition) is 1. The van der Waals surface area contributed by atoms with E-state index >= 15 is 0 Å². The maximum absolute atomic E-state index is 9.01. The van der Waals surface area contributed by atoms with E-state index in [0.29, 0.717) is 0 Å². The predicted octanol–water partition coefficient (Wildman–Crippen LogP) is 6.86. The molecule has 0 aromatic heterocycles. The molecule has 0 heterocycles. The lowest BCUT2D eigenvalue weighted by Gasteiger charge is -2.05. The Morgan fingerprint density at radius 3 is 1.58 bits per heavy atom. The van der Waals surface area contributed by atoms with Crippen molar-refractivity contribution in [1.82, 2.24) is 0 Å². The summed E-state index contributed by atoms with van der Waals surface area (Å²) in [7, 11) is 0. The molecule has 0 unspecified atom stereocenters. The van der Waals surface area contributed by atoms with Gasteiger partial charge in [0.25, 0.3) is 0 Å². The molecule has 0 spiro atoms. The minimum atomic E-state index is 0.252. The number of aryl methyl sites for hydroxylation is 1. The van der Waals surface area contributed by atoms with E-state index in [0.717, 1.165) is 6.42 Å². The van der Waals surface area contributed by atoms with Crippen molar-refractivity contribution >= 4 is 0 Å². The third kappa shape index (κ3) is 11.7. The van der Waals surface area contributed by atoms with Crippen LogP contribution >= 0.6 is 0 Å². The summed E-state index contributed by atoms with van der Waals surface area (Å²) in [6.07, 6.45) is 20.4. The lowest BCUT2D eigenvalue weighted by atomic mass is 10.0. The van der Waals surface area contributed by atoms with Crippen molar-refractivity contribution in [3.05, 3.63) is 35.4 Å². The van der Waals surface area contributed by atoms with Crippen LogP contribution in [0.5, 0.6) is 0 Å². The zero-order valence-corrected chi connectivity index (χ0v) is 16.1. The van der Waals surface area contributed by atoms with Crippen molar-refractivity contribution in [1.29, 1.82) is 0 Å². The first-order chi connectivity index (χ1) is 11.9. The van der Waals surface area contributed by atoms with Crippen LogP contribution in [0.25, 0.3) is 0 Å². The van der Waals surface area contributed by atoms with Crippen LogP contribution in [0.2, 0.25) is 0 Å². The van der Waals surface area contributed by atoms with Gasteiger partial charge in [-0.05, 0) is 30.4 Å². The van der Waals surface area contributed by atoms with E-state index in [9.17, 15) is 0 Å². The van der Waals surface area contributed by atoms with Gasteiger partial charge in [0.1, 0.15) is 0 Å². The quantitative estimate of drug-likeness (QED) is 0.328. The molecule has 0 aliphatic heterocycles. The van der Waals surface area contributed by atoms with E-state index < -0.39 is 0 Å². The molecule has 1 heteroatoms. The lowest BCUT2D eigenvalue weighted by molar-refractivity contribution is 0.299. The first-order valence-electron chi connectivity index (χ1n) is 10.6. The third-order valence-corrected chi connectivity index (χ3v) is 4.96. The molecule has 0 aliphatic rings. The molecule has 1 nitrogen and oxygen atoms in total. The van der Waals surface area contributed by atoms with E-state index in [2.05, 4.69) is 31.2 Å². The lowest BCUT2D eigenvalue weighted by Crippen LogP contribution is -1.93. The molecule has 1 N–H and O–H groups in total. The van der Waals surface area contributed by atoms with Crippen LogP contribution in [-0.2, 0) is 12.8 Å². The second kappa shape index (κ2) is 15.7. The number of benzene rings is 1. The molecule has 1 aromatic carbocycles. The minimum absolute atomic E-state index is 0.252. The van der Waals surface area contributed by atoms with Crippen molar-refractivity contribution in [2.75, 3.05) is 6.61 Å². The van der Waals surface area contributed by atoms with Crippen LogP contribution in [0, 0.1) is 0 Å². The Labute approximate surface area is 150 Å². The summed E-state index contributed by atoms with van der Waals surface area (Å²) in [5, 5.41) is 9.01. The molecule has 0 saturated heterocycles. The minimum Gasteiger partial charge on any atom is -0.396 e. The fraction of sp³-hybridized carbons (Fsp3) is 0.739. The number of rotatable bonds is 16. The summed E-state index contributed by atoms with van der Waals surface area (Å²) < 4.78 is 0. The maximum atomic E-state index is 9.01. The van der Waals surface area contributed by atoms with Gasteiger partial charge < -0.3 is 5.11 Å². The first kappa shape index (κ1) is 21.2. The summed E-state index contributed by atoms with van der Waals surface area (Å²) in [4.78, 5) is 0.